The normalized spacial score (nSPS) is 20.3. The van der Waals surface area contributed by atoms with E-state index in [-0.39, 0.29) is 0 Å². The molecular weight excluding hydrogens is 281 g/mol. The summed E-state index contributed by atoms with van der Waals surface area (Å²) in [4.78, 5) is 2.48. The number of likely N-dealkylation sites (tertiary alicyclic amines) is 1. The number of nitrogens with zero attached hydrogens (tertiary/aromatic N) is 3. The van der Waals surface area contributed by atoms with Gasteiger partial charge in [-0.25, -0.2) is 0 Å². The van der Waals surface area contributed by atoms with E-state index in [0.29, 0.717) is 0 Å². The van der Waals surface area contributed by atoms with Crippen molar-refractivity contribution in [2.75, 3.05) is 19.0 Å². The lowest BCUT2D eigenvalue weighted by molar-refractivity contribution is 0.304. The molecule has 1 fully saturated rings. The molecule has 3 nitrogen and oxygen atoms in total. The van der Waals surface area contributed by atoms with Crippen molar-refractivity contribution in [1.29, 1.82) is 0 Å². The molecule has 1 aliphatic heterocycles. The molecule has 1 atom stereocenters. The molecule has 0 aliphatic carbocycles. The van der Waals surface area contributed by atoms with Gasteiger partial charge in [0.25, 0.3) is 0 Å². The third-order valence-electron chi connectivity index (χ3n) is 3.95. The Bertz CT molecular complexity index is 417. The minimum absolute atomic E-state index is 0.750. The summed E-state index contributed by atoms with van der Waals surface area (Å²) in [5.74, 6) is 1.52. The summed E-state index contributed by atoms with van der Waals surface area (Å²) in [6.45, 7) is 8.30. The fourth-order valence-electron chi connectivity index (χ4n) is 2.83. The minimum atomic E-state index is 0.750. The Morgan fingerprint density at radius 2 is 2.16 bits per heavy atom. The molecule has 108 valence electrons. The van der Waals surface area contributed by atoms with Crippen LogP contribution in [-0.4, -0.2) is 33.6 Å². The Balaban J connectivity index is 2.05. The molecule has 1 aromatic rings. The highest BCUT2D eigenvalue weighted by molar-refractivity contribution is 6.31. The number of aryl methyl sites for hydroxylation is 2. The van der Waals surface area contributed by atoms with Crippen molar-refractivity contribution in [2.24, 2.45) is 5.92 Å². The Kier molecular flexibility index (Phi) is 5.55. The molecule has 0 amide bonds. The Hall–Kier alpha value is -0.250. The topological polar surface area (TPSA) is 21.1 Å². The zero-order valence-electron chi connectivity index (χ0n) is 11.8. The summed E-state index contributed by atoms with van der Waals surface area (Å²) in [5, 5.41) is 5.45. The van der Waals surface area contributed by atoms with Crippen LogP contribution in [0.1, 0.15) is 38.1 Å². The van der Waals surface area contributed by atoms with Crippen LogP contribution in [0.4, 0.5) is 0 Å². The fourth-order valence-corrected chi connectivity index (χ4v) is 3.46. The lowest BCUT2D eigenvalue weighted by Gasteiger charge is -2.16. The smallest absolute Gasteiger partial charge is 0.0863 e. The van der Waals surface area contributed by atoms with Gasteiger partial charge in [0.2, 0.25) is 0 Å². The van der Waals surface area contributed by atoms with Crippen molar-refractivity contribution in [3.8, 4) is 0 Å². The molecule has 2 rings (SSSR count). The summed E-state index contributed by atoms with van der Waals surface area (Å²) < 4.78 is 2.05. The summed E-state index contributed by atoms with van der Waals surface area (Å²) in [7, 11) is 0. The van der Waals surface area contributed by atoms with Crippen molar-refractivity contribution >= 4 is 23.2 Å². The highest BCUT2D eigenvalue weighted by atomic mass is 35.5. The predicted molar refractivity (Wildman–Crippen MR) is 81.0 cm³/mol. The third-order valence-corrected chi connectivity index (χ3v) is 4.61. The second-order valence-corrected chi connectivity index (χ2v) is 6.00. The van der Waals surface area contributed by atoms with E-state index in [4.69, 9.17) is 23.2 Å². The molecule has 2 heterocycles. The van der Waals surface area contributed by atoms with Gasteiger partial charge in [-0.05, 0) is 38.6 Å². The molecule has 0 saturated carbocycles. The van der Waals surface area contributed by atoms with Crippen LogP contribution < -0.4 is 0 Å². The van der Waals surface area contributed by atoms with E-state index in [0.717, 1.165) is 61.5 Å². The fraction of sp³-hybridized carbons (Fsp3) is 0.786. The molecule has 0 spiro atoms. The lowest BCUT2D eigenvalue weighted by atomic mass is 10.1. The molecule has 0 N–H and O–H groups in total. The highest BCUT2D eigenvalue weighted by Gasteiger charge is 2.24. The van der Waals surface area contributed by atoms with Crippen LogP contribution in [0.2, 0.25) is 5.02 Å². The summed E-state index contributed by atoms with van der Waals surface area (Å²) in [6, 6.07) is 0. The molecule has 0 radical (unpaired) electrons. The number of alkyl halides is 1. The van der Waals surface area contributed by atoms with Crippen LogP contribution >= 0.6 is 23.2 Å². The van der Waals surface area contributed by atoms with Crippen LogP contribution in [0.5, 0.6) is 0 Å². The van der Waals surface area contributed by atoms with Crippen molar-refractivity contribution in [3.05, 3.63) is 16.4 Å². The van der Waals surface area contributed by atoms with Crippen LogP contribution in [-0.2, 0) is 19.5 Å². The van der Waals surface area contributed by atoms with Crippen molar-refractivity contribution in [1.82, 2.24) is 14.7 Å². The highest BCUT2D eigenvalue weighted by Crippen LogP contribution is 2.26. The van der Waals surface area contributed by atoms with Gasteiger partial charge in [0, 0.05) is 25.5 Å². The van der Waals surface area contributed by atoms with Gasteiger partial charge < -0.3 is 0 Å². The monoisotopic (exact) mass is 303 g/mol. The van der Waals surface area contributed by atoms with E-state index in [1.54, 1.807) is 0 Å². The maximum Gasteiger partial charge on any atom is 0.0863 e. The second-order valence-electron chi connectivity index (χ2n) is 5.24. The van der Waals surface area contributed by atoms with Gasteiger partial charge in [0.05, 0.1) is 16.4 Å². The first-order valence-electron chi connectivity index (χ1n) is 7.21. The number of hydrogen-bond acceptors (Lipinski definition) is 2. The first-order chi connectivity index (χ1) is 9.19. The average molecular weight is 304 g/mol. The van der Waals surface area contributed by atoms with Gasteiger partial charge >= 0.3 is 0 Å². The quantitative estimate of drug-likeness (QED) is 0.749. The third kappa shape index (κ3) is 3.45. The van der Waals surface area contributed by atoms with Crippen molar-refractivity contribution in [2.45, 2.75) is 46.2 Å². The van der Waals surface area contributed by atoms with Gasteiger partial charge in [-0.15, -0.1) is 11.6 Å². The summed E-state index contributed by atoms with van der Waals surface area (Å²) in [6.07, 6.45) is 3.28. The maximum atomic E-state index is 6.45. The Morgan fingerprint density at radius 1 is 1.37 bits per heavy atom. The van der Waals surface area contributed by atoms with Gasteiger partial charge in [-0.1, -0.05) is 18.5 Å². The van der Waals surface area contributed by atoms with Gasteiger partial charge in [-0.2, -0.15) is 5.10 Å². The maximum absolute atomic E-state index is 6.45. The van der Waals surface area contributed by atoms with Gasteiger partial charge in [-0.3, -0.25) is 9.58 Å². The number of aromatic nitrogens is 2. The van der Waals surface area contributed by atoms with Crippen molar-refractivity contribution in [3.63, 3.8) is 0 Å². The first kappa shape index (κ1) is 15.1. The van der Waals surface area contributed by atoms with Crippen LogP contribution in [0.3, 0.4) is 0 Å². The lowest BCUT2D eigenvalue weighted by Crippen LogP contribution is -2.22. The van der Waals surface area contributed by atoms with Crippen LogP contribution in [0.25, 0.3) is 0 Å². The molecule has 1 unspecified atom stereocenters. The van der Waals surface area contributed by atoms with Crippen molar-refractivity contribution < 1.29 is 0 Å². The molecule has 1 aliphatic rings. The average Bonchev–Trinajstić information content (AvgIpc) is 2.97. The van der Waals surface area contributed by atoms with Gasteiger partial charge in [0.1, 0.15) is 0 Å². The standard InChI is InChI=1S/C14H23Cl2N3/c1-3-12-14(16)13(19(4-2)17-12)10-18-8-6-11(9-18)5-7-15/h11H,3-10H2,1-2H3. The van der Waals surface area contributed by atoms with E-state index >= 15 is 0 Å². The van der Waals surface area contributed by atoms with Crippen LogP contribution in [0.15, 0.2) is 0 Å². The number of halogens is 2. The predicted octanol–water partition coefficient (Wildman–Crippen LogP) is 3.57. The second kappa shape index (κ2) is 6.96. The molecule has 19 heavy (non-hydrogen) atoms. The van der Waals surface area contributed by atoms with Gasteiger partial charge in [0.15, 0.2) is 0 Å². The van der Waals surface area contributed by atoms with E-state index < -0.39 is 0 Å². The molecule has 5 heteroatoms. The largest absolute Gasteiger partial charge is 0.297 e. The molecule has 0 bridgehead atoms. The van der Waals surface area contributed by atoms with Crippen LogP contribution in [0, 0.1) is 5.92 Å². The molecule has 0 aromatic carbocycles. The Morgan fingerprint density at radius 3 is 2.79 bits per heavy atom. The SMILES string of the molecule is CCc1nn(CC)c(CN2CCC(CCCl)C2)c1Cl. The summed E-state index contributed by atoms with van der Waals surface area (Å²) >= 11 is 12.3. The first-order valence-corrected chi connectivity index (χ1v) is 8.13. The molecule has 1 aromatic heterocycles. The van der Waals surface area contributed by atoms with E-state index in [1.165, 1.54) is 12.1 Å². The molecule has 1 saturated heterocycles. The number of rotatable bonds is 6. The molecular formula is C14H23Cl2N3. The van der Waals surface area contributed by atoms with E-state index in [9.17, 15) is 0 Å². The van der Waals surface area contributed by atoms with E-state index in [1.807, 2.05) is 0 Å². The summed E-state index contributed by atoms with van der Waals surface area (Å²) in [5.41, 5.74) is 2.20. The van der Waals surface area contributed by atoms with E-state index in [2.05, 4.69) is 28.5 Å². The Labute approximate surface area is 125 Å². The zero-order chi connectivity index (χ0) is 13.8. The minimum Gasteiger partial charge on any atom is -0.297 e. The zero-order valence-corrected chi connectivity index (χ0v) is 13.3. The number of hydrogen-bond donors (Lipinski definition) is 0.